The summed E-state index contributed by atoms with van der Waals surface area (Å²) in [4.78, 5) is 2.31. The predicted molar refractivity (Wildman–Crippen MR) is 77.2 cm³/mol. The van der Waals surface area contributed by atoms with Gasteiger partial charge in [0.2, 0.25) is 0 Å². The molecule has 1 aromatic rings. The minimum Gasteiger partial charge on any atom is -0.497 e. The van der Waals surface area contributed by atoms with Gasteiger partial charge >= 0.3 is 0 Å². The largest absolute Gasteiger partial charge is 0.497 e. The first-order valence-corrected chi connectivity index (χ1v) is 6.77. The van der Waals surface area contributed by atoms with Crippen molar-refractivity contribution in [2.75, 3.05) is 33.8 Å². The predicted octanol–water partition coefficient (Wildman–Crippen LogP) is 2.69. The number of methoxy groups -OCH3 is 1. The first kappa shape index (κ1) is 15.0. The molecule has 1 N–H and O–H groups in total. The lowest BCUT2D eigenvalue weighted by atomic mass is 10.0. The lowest BCUT2D eigenvalue weighted by Gasteiger charge is -2.20. The zero-order chi connectivity index (χ0) is 13.4. The average molecular weight is 250 g/mol. The SMILES string of the molecule is CCC(NCCN(C)CC)c1ccc(OC)cc1. The van der Waals surface area contributed by atoms with Crippen LogP contribution in [-0.4, -0.2) is 38.7 Å². The molecule has 0 aliphatic carbocycles. The molecule has 0 saturated carbocycles. The number of benzene rings is 1. The van der Waals surface area contributed by atoms with Crippen molar-refractivity contribution >= 4 is 0 Å². The van der Waals surface area contributed by atoms with E-state index in [-0.39, 0.29) is 0 Å². The van der Waals surface area contributed by atoms with E-state index in [9.17, 15) is 0 Å². The highest BCUT2D eigenvalue weighted by atomic mass is 16.5. The molecule has 18 heavy (non-hydrogen) atoms. The molecule has 0 heterocycles. The highest BCUT2D eigenvalue weighted by Crippen LogP contribution is 2.19. The zero-order valence-corrected chi connectivity index (χ0v) is 12.1. The zero-order valence-electron chi connectivity index (χ0n) is 12.1. The number of nitrogens with one attached hydrogen (secondary N) is 1. The van der Waals surface area contributed by atoms with Crippen LogP contribution in [-0.2, 0) is 0 Å². The van der Waals surface area contributed by atoms with Gasteiger partial charge in [-0.15, -0.1) is 0 Å². The van der Waals surface area contributed by atoms with Gasteiger partial charge in [0.25, 0.3) is 0 Å². The smallest absolute Gasteiger partial charge is 0.118 e. The van der Waals surface area contributed by atoms with E-state index in [4.69, 9.17) is 4.74 Å². The maximum atomic E-state index is 5.18. The Morgan fingerprint density at radius 3 is 2.39 bits per heavy atom. The lowest BCUT2D eigenvalue weighted by molar-refractivity contribution is 0.338. The molecule has 102 valence electrons. The number of likely N-dealkylation sites (N-methyl/N-ethyl adjacent to an activating group) is 1. The molecule has 1 rings (SSSR count). The molecule has 0 amide bonds. The van der Waals surface area contributed by atoms with Crippen LogP contribution in [0.1, 0.15) is 31.9 Å². The van der Waals surface area contributed by atoms with E-state index in [1.165, 1.54) is 5.56 Å². The third kappa shape index (κ3) is 4.67. The second kappa shape index (κ2) is 8.11. The molecule has 0 spiro atoms. The fourth-order valence-electron chi connectivity index (χ4n) is 1.92. The van der Waals surface area contributed by atoms with Crippen molar-refractivity contribution < 1.29 is 4.74 Å². The van der Waals surface area contributed by atoms with Gasteiger partial charge in [-0.2, -0.15) is 0 Å². The Bertz CT molecular complexity index is 324. The number of ether oxygens (including phenoxy) is 1. The van der Waals surface area contributed by atoms with Crippen LogP contribution in [0.2, 0.25) is 0 Å². The van der Waals surface area contributed by atoms with Crippen molar-refractivity contribution in [3.63, 3.8) is 0 Å². The number of rotatable bonds is 8. The molecule has 0 bridgehead atoms. The quantitative estimate of drug-likeness (QED) is 0.767. The molecule has 0 aromatic heterocycles. The van der Waals surface area contributed by atoms with E-state index >= 15 is 0 Å². The van der Waals surface area contributed by atoms with E-state index in [0.29, 0.717) is 6.04 Å². The summed E-state index contributed by atoms with van der Waals surface area (Å²) in [5.74, 6) is 0.916. The van der Waals surface area contributed by atoms with E-state index < -0.39 is 0 Å². The number of hydrogen-bond acceptors (Lipinski definition) is 3. The second-order valence-electron chi connectivity index (χ2n) is 4.58. The molecular weight excluding hydrogens is 224 g/mol. The summed E-state index contributed by atoms with van der Waals surface area (Å²) < 4.78 is 5.18. The maximum Gasteiger partial charge on any atom is 0.118 e. The Balaban J connectivity index is 2.49. The topological polar surface area (TPSA) is 24.5 Å². The summed E-state index contributed by atoms with van der Waals surface area (Å²) in [6.45, 7) is 7.60. The Morgan fingerprint density at radius 1 is 1.22 bits per heavy atom. The van der Waals surface area contributed by atoms with Crippen molar-refractivity contribution in [3.05, 3.63) is 29.8 Å². The first-order valence-electron chi connectivity index (χ1n) is 6.77. The van der Waals surface area contributed by atoms with E-state index in [0.717, 1.165) is 31.8 Å². The minimum atomic E-state index is 0.432. The maximum absolute atomic E-state index is 5.18. The van der Waals surface area contributed by atoms with Crippen molar-refractivity contribution in [1.29, 1.82) is 0 Å². The fraction of sp³-hybridized carbons (Fsp3) is 0.600. The van der Waals surface area contributed by atoms with Gasteiger partial charge in [-0.3, -0.25) is 0 Å². The van der Waals surface area contributed by atoms with Gasteiger partial charge in [-0.1, -0.05) is 26.0 Å². The summed E-state index contributed by atoms with van der Waals surface area (Å²) in [6, 6.07) is 8.77. The number of nitrogens with zero attached hydrogens (tertiary/aromatic N) is 1. The van der Waals surface area contributed by atoms with Gasteiger partial charge in [0, 0.05) is 19.1 Å². The lowest BCUT2D eigenvalue weighted by Crippen LogP contribution is -2.31. The van der Waals surface area contributed by atoms with Crippen molar-refractivity contribution in [2.45, 2.75) is 26.3 Å². The third-order valence-corrected chi connectivity index (χ3v) is 3.35. The van der Waals surface area contributed by atoms with Crippen LogP contribution in [0, 0.1) is 0 Å². The molecule has 0 aliphatic rings. The summed E-state index contributed by atoms with van der Waals surface area (Å²) in [6.07, 6.45) is 1.10. The molecule has 3 heteroatoms. The van der Waals surface area contributed by atoms with Gasteiger partial charge in [0.05, 0.1) is 7.11 Å². The fourth-order valence-corrected chi connectivity index (χ4v) is 1.92. The molecule has 0 aliphatic heterocycles. The number of hydrogen-bond donors (Lipinski definition) is 1. The van der Waals surface area contributed by atoms with Crippen molar-refractivity contribution in [2.24, 2.45) is 0 Å². The summed E-state index contributed by atoms with van der Waals surface area (Å²) in [5.41, 5.74) is 1.33. The van der Waals surface area contributed by atoms with Gasteiger partial charge < -0.3 is 15.0 Å². The molecule has 0 radical (unpaired) electrons. The van der Waals surface area contributed by atoms with Crippen molar-refractivity contribution in [3.8, 4) is 5.75 Å². The van der Waals surface area contributed by atoms with E-state index in [1.54, 1.807) is 7.11 Å². The Morgan fingerprint density at radius 2 is 1.89 bits per heavy atom. The molecule has 1 aromatic carbocycles. The normalized spacial score (nSPS) is 12.7. The summed E-state index contributed by atoms with van der Waals surface area (Å²) in [7, 11) is 3.85. The Hall–Kier alpha value is -1.06. The first-order chi connectivity index (χ1) is 8.71. The Kier molecular flexibility index (Phi) is 6.76. The highest BCUT2D eigenvalue weighted by molar-refractivity contribution is 5.29. The van der Waals surface area contributed by atoms with E-state index in [1.807, 2.05) is 12.1 Å². The van der Waals surface area contributed by atoms with Crippen molar-refractivity contribution in [1.82, 2.24) is 10.2 Å². The monoisotopic (exact) mass is 250 g/mol. The van der Waals surface area contributed by atoms with Gasteiger partial charge in [-0.25, -0.2) is 0 Å². The van der Waals surface area contributed by atoms with Crippen LogP contribution >= 0.6 is 0 Å². The molecule has 3 nitrogen and oxygen atoms in total. The van der Waals surface area contributed by atoms with Crippen LogP contribution in [0.3, 0.4) is 0 Å². The summed E-state index contributed by atoms with van der Waals surface area (Å²) in [5, 5.41) is 3.61. The minimum absolute atomic E-state index is 0.432. The average Bonchev–Trinajstić information content (AvgIpc) is 2.43. The molecule has 0 fully saturated rings. The van der Waals surface area contributed by atoms with Crippen LogP contribution in [0.5, 0.6) is 5.75 Å². The summed E-state index contributed by atoms with van der Waals surface area (Å²) >= 11 is 0. The second-order valence-corrected chi connectivity index (χ2v) is 4.58. The van der Waals surface area contributed by atoms with Gasteiger partial charge in [0.1, 0.15) is 5.75 Å². The van der Waals surface area contributed by atoms with Crippen LogP contribution in [0.25, 0.3) is 0 Å². The molecule has 0 saturated heterocycles. The molecule has 1 atom stereocenters. The molecular formula is C15H26N2O. The standard InChI is InChI=1S/C15H26N2O/c1-5-15(16-11-12-17(3)6-2)13-7-9-14(18-4)10-8-13/h7-10,15-16H,5-6,11-12H2,1-4H3. The van der Waals surface area contributed by atoms with Gasteiger partial charge in [0.15, 0.2) is 0 Å². The Labute approximate surface area is 111 Å². The van der Waals surface area contributed by atoms with Crippen LogP contribution in [0.15, 0.2) is 24.3 Å². The van der Waals surface area contributed by atoms with Crippen LogP contribution in [0.4, 0.5) is 0 Å². The molecule has 1 unspecified atom stereocenters. The highest BCUT2D eigenvalue weighted by Gasteiger charge is 2.08. The van der Waals surface area contributed by atoms with Crippen LogP contribution < -0.4 is 10.1 Å². The third-order valence-electron chi connectivity index (χ3n) is 3.35. The van der Waals surface area contributed by atoms with Gasteiger partial charge in [-0.05, 0) is 37.7 Å². The van der Waals surface area contributed by atoms with E-state index in [2.05, 4.69) is 43.2 Å².